The molecule has 0 spiro atoms. The number of nitrogens with one attached hydrogen (secondary N) is 1. The van der Waals surface area contributed by atoms with Crippen molar-refractivity contribution in [2.45, 2.75) is 13.8 Å². The first-order valence-electron chi connectivity index (χ1n) is 8.71. The maximum Gasteiger partial charge on any atom is 0.285 e. The van der Waals surface area contributed by atoms with E-state index in [9.17, 15) is 14.7 Å². The van der Waals surface area contributed by atoms with Crippen LogP contribution in [0.2, 0.25) is 5.02 Å². The topological polar surface area (TPSA) is 78.9 Å². The molecule has 0 unspecified atom stereocenters. The number of phenolic OH excluding ortho intramolecular Hbond substituents is 1. The van der Waals surface area contributed by atoms with Gasteiger partial charge >= 0.3 is 0 Å². The number of hydrogen-bond acceptors (Lipinski definition) is 6. The molecule has 0 bridgehead atoms. The summed E-state index contributed by atoms with van der Waals surface area (Å²) in [6.07, 6.45) is 1.61. The number of nitrogens with zero attached hydrogens (tertiary/aromatic N) is 1. The minimum absolute atomic E-state index is 0.0179. The number of carbonyl (C=O) groups excluding carboxylic acids is 2. The maximum atomic E-state index is 12.8. The van der Waals surface area contributed by atoms with Crippen molar-refractivity contribution in [3.05, 3.63) is 61.4 Å². The SMILES string of the molecule is CCOc1cc(/C=C2\SC(=S)N(NC(=O)c3ccc(C)cc3Cl)C2=O)c(Br)cc1O. The lowest BCUT2D eigenvalue weighted by molar-refractivity contribution is -0.123. The van der Waals surface area contributed by atoms with Crippen LogP contribution in [0.15, 0.2) is 39.7 Å². The molecule has 1 saturated heterocycles. The van der Waals surface area contributed by atoms with Crippen molar-refractivity contribution >= 4 is 73.7 Å². The van der Waals surface area contributed by atoms with Gasteiger partial charge in [-0.15, -0.1) is 0 Å². The van der Waals surface area contributed by atoms with E-state index < -0.39 is 11.8 Å². The fraction of sp³-hybridized carbons (Fsp3) is 0.150. The number of carbonyl (C=O) groups is 2. The summed E-state index contributed by atoms with van der Waals surface area (Å²) in [5.41, 5.74) is 4.27. The lowest BCUT2D eigenvalue weighted by Gasteiger charge is -2.16. The second-order valence-electron chi connectivity index (χ2n) is 6.22. The van der Waals surface area contributed by atoms with Crippen LogP contribution in [0.4, 0.5) is 0 Å². The molecule has 6 nitrogen and oxygen atoms in total. The third-order valence-electron chi connectivity index (χ3n) is 4.04. The molecule has 1 fully saturated rings. The molecule has 1 aliphatic heterocycles. The number of phenols is 1. The fourth-order valence-corrected chi connectivity index (χ4v) is 4.55. The molecule has 0 radical (unpaired) electrons. The Morgan fingerprint density at radius 2 is 2.13 bits per heavy atom. The molecule has 1 heterocycles. The number of benzene rings is 2. The van der Waals surface area contributed by atoms with Crippen molar-refractivity contribution in [3.8, 4) is 11.5 Å². The van der Waals surface area contributed by atoms with Crippen LogP contribution in [0, 0.1) is 6.92 Å². The lowest BCUT2D eigenvalue weighted by Crippen LogP contribution is -2.44. The number of rotatable bonds is 5. The van der Waals surface area contributed by atoms with Crippen molar-refractivity contribution in [3.63, 3.8) is 0 Å². The van der Waals surface area contributed by atoms with Gasteiger partial charge in [0.05, 0.1) is 22.1 Å². The number of halogens is 2. The van der Waals surface area contributed by atoms with Crippen LogP contribution in [0.25, 0.3) is 6.08 Å². The Morgan fingerprint density at radius 3 is 2.80 bits per heavy atom. The molecule has 0 atom stereocenters. The summed E-state index contributed by atoms with van der Waals surface area (Å²) in [5, 5.41) is 11.3. The van der Waals surface area contributed by atoms with Crippen LogP contribution in [-0.2, 0) is 4.79 Å². The van der Waals surface area contributed by atoms with Gasteiger partial charge < -0.3 is 9.84 Å². The molecular weight excluding hydrogens is 512 g/mol. The van der Waals surface area contributed by atoms with Crippen molar-refractivity contribution in [2.75, 3.05) is 6.61 Å². The standard InChI is InChI=1S/C20H16BrClN2O4S2/c1-3-28-16-7-11(13(21)9-15(16)25)8-17-19(27)24(20(29)30-17)23-18(26)12-5-4-10(2)6-14(12)22/h4-9,25H,3H2,1-2H3,(H,23,26)/b17-8-. The maximum absolute atomic E-state index is 12.8. The van der Waals surface area contributed by atoms with Gasteiger partial charge in [0, 0.05) is 4.47 Å². The first kappa shape index (κ1) is 22.6. The highest BCUT2D eigenvalue weighted by Gasteiger charge is 2.34. The van der Waals surface area contributed by atoms with E-state index in [-0.39, 0.29) is 20.7 Å². The van der Waals surface area contributed by atoms with Gasteiger partial charge in [-0.25, -0.2) is 0 Å². The fourth-order valence-electron chi connectivity index (χ4n) is 2.61. The van der Waals surface area contributed by atoms with E-state index in [2.05, 4.69) is 21.4 Å². The summed E-state index contributed by atoms with van der Waals surface area (Å²) >= 11 is 15.8. The number of aromatic hydroxyl groups is 1. The number of amides is 2. The quantitative estimate of drug-likeness (QED) is 0.418. The van der Waals surface area contributed by atoms with Gasteiger partial charge in [0.2, 0.25) is 0 Å². The largest absolute Gasteiger partial charge is 0.504 e. The van der Waals surface area contributed by atoms with Gasteiger partial charge in [-0.3, -0.25) is 15.0 Å². The predicted molar refractivity (Wildman–Crippen MR) is 126 cm³/mol. The minimum atomic E-state index is -0.540. The van der Waals surface area contributed by atoms with Gasteiger partial charge in [-0.2, -0.15) is 5.01 Å². The Balaban J connectivity index is 1.84. The summed E-state index contributed by atoms with van der Waals surface area (Å²) in [7, 11) is 0. The second-order valence-corrected chi connectivity index (χ2v) is 9.15. The van der Waals surface area contributed by atoms with Crippen molar-refractivity contribution in [1.29, 1.82) is 0 Å². The molecule has 0 aromatic heterocycles. The van der Waals surface area contributed by atoms with E-state index >= 15 is 0 Å². The van der Waals surface area contributed by atoms with Crippen molar-refractivity contribution in [2.24, 2.45) is 0 Å². The zero-order chi connectivity index (χ0) is 22.0. The van der Waals surface area contributed by atoms with E-state index in [4.69, 9.17) is 28.6 Å². The highest BCUT2D eigenvalue weighted by atomic mass is 79.9. The monoisotopic (exact) mass is 526 g/mol. The summed E-state index contributed by atoms with van der Waals surface area (Å²) < 4.78 is 6.15. The van der Waals surface area contributed by atoms with E-state index in [1.807, 2.05) is 6.92 Å². The molecule has 2 aromatic rings. The average molecular weight is 528 g/mol. The van der Waals surface area contributed by atoms with Crippen LogP contribution in [0.3, 0.4) is 0 Å². The Bertz CT molecular complexity index is 1090. The molecule has 1 aliphatic rings. The average Bonchev–Trinajstić information content (AvgIpc) is 2.93. The number of thioether (sulfide) groups is 1. The van der Waals surface area contributed by atoms with Crippen LogP contribution >= 0.6 is 51.5 Å². The Hall–Kier alpha value is -2.07. The summed E-state index contributed by atoms with van der Waals surface area (Å²) in [6.45, 7) is 4.04. The van der Waals surface area contributed by atoms with Crippen molar-refractivity contribution < 1.29 is 19.4 Å². The number of ether oxygens (including phenoxy) is 1. The minimum Gasteiger partial charge on any atom is -0.504 e. The zero-order valence-corrected chi connectivity index (χ0v) is 19.8. The first-order valence-corrected chi connectivity index (χ1v) is 11.1. The molecule has 2 aromatic carbocycles. The smallest absolute Gasteiger partial charge is 0.285 e. The molecule has 30 heavy (non-hydrogen) atoms. The third kappa shape index (κ3) is 4.80. The first-order chi connectivity index (χ1) is 14.2. The molecule has 0 saturated carbocycles. The second kappa shape index (κ2) is 9.38. The van der Waals surface area contributed by atoms with Crippen molar-refractivity contribution in [1.82, 2.24) is 10.4 Å². The lowest BCUT2D eigenvalue weighted by atomic mass is 10.1. The van der Waals surface area contributed by atoms with Crippen LogP contribution in [0.5, 0.6) is 11.5 Å². The van der Waals surface area contributed by atoms with Crippen LogP contribution < -0.4 is 10.2 Å². The van der Waals surface area contributed by atoms with Crippen LogP contribution in [-0.4, -0.2) is 32.9 Å². The third-order valence-corrected chi connectivity index (χ3v) is 6.34. The van der Waals surface area contributed by atoms with E-state index in [0.29, 0.717) is 27.3 Å². The number of hydrogen-bond donors (Lipinski definition) is 2. The number of aryl methyl sites for hydroxylation is 1. The Kier molecular flexibility index (Phi) is 7.07. The molecule has 3 rings (SSSR count). The number of hydrazine groups is 1. The molecule has 10 heteroatoms. The summed E-state index contributed by atoms with van der Waals surface area (Å²) in [5.74, 6) is -0.734. The van der Waals surface area contributed by atoms with E-state index in [0.717, 1.165) is 22.3 Å². The number of thiocarbonyl (C=S) groups is 1. The summed E-state index contributed by atoms with van der Waals surface area (Å²) in [6, 6.07) is 8.10. The normalized spacial score (nSPS) is 15.1. The molecule has 2 N–H and O–H groups in total. The van der Waals surface area contributed by atoms with Gasteiger partial charge in [-0.1, -0.05) is 45.4 Å². The predicted octanol–water partition coefficient (Wildman–Crippen LogP) is 5.06. The van der Waals surface area contributed by atoms with Gasteiger partial charge in [-0.05, 0) is 67.5 Å². The van der Waals surface area contributed by atoms with E-state index in [1.54, 1.807) is 37.3 Å². The molecule has 156 valence electrons. The summed E-state index contributed by atoms with van der Waals surface area (Å²) in [4.78, 5) is 25.7. The molecule has 2 amide bonds. The van der Waals surface area contributed by atoms with Gasteiger partial charge in [0.1, 0.15) is 0 Å². The van der Waals surface area contributed by atoms with E-state index in [1.165, 1.54) is 6.07 Å². The molecular formula is C20H16BrClN2O4S2. The Labute approximate surface area is 196 Å². The Morgan fingerprint density at radius 1 is 1.40 bits per heavy atom. The van der Waals surface area contributed by atoms with Gasteiger partial charge in [0.15, 0.2) is 15.8 Å². The zero-order valence-electron chi connectivity index (χ0n) is 15.9. The molecule has 0 aliphatic carbocycles. The van der Waals surface area contributed by atoms with Crippen LogP contribution in [0.1, 0.15) is 28.4 Å². The highest BCUT2D eigenvalue weighted by Crippen LogP contribution is 2.37. The highest BCUT2D eigenvalue weighted by molar-refractivity contribution is 9.10. The van der Waals surface area contributed by atoms with Gasteiger partial charge in [0.25, 0.3) is 11.8 Å².